The molecule has 1 aromatic heterocycles. The lowest BCUT2D eigenvalue weighted by Crippen LogP contribution is -2.27. The maximum absolute atomic E-state index is 12.3. The Hall–Kier alpha value is -2.08. The number of nitrogens with zero attached hydrogens (tertiary/aromatic N) is 1. The molecule has 0 N–H and O–H groups in total. The van der Waals surface area contributed by atoms with Crippen LogP contribution in [0, 0.1) is 0 Å². The van der Waals surface area contributed by atoms with Gasteiger partial charge in [0.15, 0.2) is 15.6 Å². The van der Waals surface area contributed by atoms with Crippen LogP contribution in [0.4, 0.5) is 0 Å². The molecule has 0 aliphatic carbocycles. The van der Waals surface area contributed by atoms with Crippen LogP contribution in [-0.4, -0.2) is 32.3 Å². The Morgan fingerprint density at radius 1 is 1.05 bits per heavy atom. The summed E-state index contributed by atoms with van der Waals surface area (Å²) in [6, 6.07) is 11.3. The van der Waals surface area contributed by atoms with E-state index in [0.717, 1.165) is 25.9 Å². The van der Waals surface area contributed by atoms with Crippen molar-refractivity contribution in [1.29, 1.82) is 0 Å². The third-order valence-electron chi connectivity index (χ3n) is 3.70. The Labute approximate surface area is 129 Å². The summed E-state index contributed by atoms with van der Waals surface area (Å²) >= 11 is 0. The first kappa shape index (κ1) is 14.8. The fourth-order valence-corrected chi connectivity index (χ4v) is 3.81. The summed E-state index contributed by atoms with van der Waals surface area (Å²) in [6.45, 7) is 1.47. The second-order valence-electron chi connectivity index (χ2n) is 5.34. The van der Waals surface area contributed by atoms with Gasteiger partial charge in [0.2, 0.25) is 0 Å². The molecule has 1 aromatic carbocycles. The van der Waals surface area contributed by atoms with Crippen LogP contribution >= 0.6 is 0 Å². The van der Waals surface area contributed by atoms with Crippen molar-refractivity contribution >= 4 is 15.7 Å². The summed E-state index contributed by atoms with van der Waals surface area (Å²) < 4.78 is 30.0. The molecule has 2 heterocycles. The van der Waals surface area contributed by atoms with Crippen molar-refractivity contribution < 1.29 is 17.6 Å². The first-order valence-corrected chi connectivity index (χ1v) is 8.87. The van der Waals surface area contributed by atoms with Crippen molar-refractivity contribution in [2.75, 3.05) is 13.1 Å². The third-order valence-corrected chi connectivity index (χ3v) is 5.36. The molecule has 1 amide bonds. The van der Waals surface area contributed by atoms with Gasteiger partial charge < -0.3 is 9.32 Å². The van der Waals surface area contributed by atoms with E-state index in [0.29, 0.717) is 0 Å². The highest BCUT2D eigenvalue weighted by atomic mass is 32.2. The molecule has 0 spiro atoms. The van der Waals surface area contributed by atoms with Gasteiger partial charge in [-0.25, -0.2) is 8.42 Å². The molecule has 2 aromatic rings. The van der Waals surface area contributed by atoms with Crippen molar-refractivity contribution in [3.05, 3.63) is 54.0 Å². The zero-order chi connectivity index (χ0) is 15.6. The Morgan fingerprint density at radius 3 is 2.41 bits per heavy atom. The summed E-state index contributed by atoms with van der Waals surface area (Å²) in [4.78, 5) is 14.2. The molecular formula is C16H17NO4S. The van der Waals surface area contributed by atoms with Gasteiger partial charge in [0.05, 0.1) is 4.90 Å². The van der Waals surface area contributed by atoms with Crippen LogP contribution in [-0.2, 0) is 15.6 Å². The molecule has 1 fully saturated rings. The van der Waals surface area contributed by atoms with Crippen molar-refractivity contribution in [3.8, 4) is 0 Å². The lowest BCUT2D eigenvalue weighted by atomic mass is 10.4. The molecule has 3 rings (SSSR count). The van der Waals surface area contributed by atoms with Gasteiger partial charge in [-0.2, -0.15) is 0 Å². The average molecular weight is 319 g/mol. The van der Waals surface area contributed by atoms with Gasteiger partial charge in [0.1, 0.15) is 11.5 Å². The van der Waals surface area contributed by atoms with Gasteiger partial charge >= 0.3 is 0 Å². The van der Waals surface area contributed by atoms with Gasteiger partial charge in [-0.1, -0.05) is 18.2 Å². The van der Waals surface area contributed by atoms with Crippen molar-refractivity contribution in [2.45, 2.75) is 23.5 Å². The zero-order valence-corrected chi connectivity index (χ0v) is 12.9. The van der Waals surface area contributed by atoms with E-state index in [9.17, 15) is 13.2 Å². The number of carbonyl (C=O) groups is 1. The molecule has 1 aliphatic rings. The van der Waals surface area contributed by atoms with Crippen LogP contribution in [0.2, 0.25) is 0 Å². The minimum absolute atomic E-state index is 0.166. The highest BCUT2D eigenvalue weighted by Crippen LogP contribution is 2.20. The van der Waals surface area contributed by atoms with Crippen LogP contribution in [0.15, 0.2) is 51.8 Å². The summed E-state index contributed by atoms with van der Waals surface area (Å²) in [5, 5.41) is 0. The van der Waals surface area contributed by atoms with Crippen molar-refractivity contribution in [2.24, 2.45) is 0 Å². The Kier molecular flexibility index (Phi) is 4.02. The standard InChI is InChI=1S/C16H17NO4S/c18-16(17-10-4-5-11-17)15-9-8-13(21-15)12-22(19,20)14-6-2-1-3-7-14/h1-3,6-9H,4-5,10-12H2. The van der Waals surface area contributed by atoms with Crippen LogP contribution in [0.25, 0.3) is 0 Å². The molecule has 1 aliphatic heterocycles. The molecule has 6 heteroatoms. The van der Waals surface area contributed by atoms with E-state index >= 15 is 0 Å². The van der Waals surface area contributed by atoms with Crippen LogP contribution in [0.5, 0.6) is 0 Å². The van der Waals surface area contributed by atoms with Crippen molar-refractivity contribution in [1.82, 2.24) is 4.90 Å². The first-order valence-electron chi connectivity index (χ1n) is 7.22. The van der Waals surface area contributed by atoms with E-state index in [1.165, 1.54) is 0 Å². The second-order valence-corrected chi connectivity index (χ2v) is 7.33. The summed E-state index contributed by atoms with van der Waals surface area (Å²) in [5.41, 5.74) is 0. The smallest absolute Gasteiger partial charge is 0.289 e. The number of benzene rings is 1. The molecule has 5 nitrogen and oxygen atoms in total. The van der Waals surface area contributed by atoms with Gasteiger partial charge in [-0.15, -0.1) is 0 Å². The van der Waals surface area contributed by atoms with E-state index in [4.69, 9.17) is 4.42 Å². The number of carbonyl (C=O) groups excluding carboxylic acids is 1. The average Bonchev–Trinajstić information content (AvgIpc) is 3.18. The number of amides is 1. The summed E-state index contributed by atoms with van der Waals surface area (Å²) in [7, 11) is -3.46. The quantitative estimate of drug-likeness (QED) is 0.868. The number of hydrogen-bond donors (Lipinski definition) is 0. The largest absolute Gasteiger partial charge is 0.455 e. The number of likely N-dealkylation sites (tertiary alicyclic amines) is 1. The Balaban J connectivity index is 1.75. The molecule has 0 atom stereocenters. The zero-order valence-electron chi connectivity index (χ0n) is 12.1. The van der Waals surface area contributed by atoms with Crippen LogP contribution in [0.3, 0.4) is 0 Å². The monoisotopic (exact) mass is 319 g/mol. The number of rotatable bonds is 4. The first-order chi connectivity index (χ1) is 10.6. The Bertz CT molecular complexity index is 758. The second kappa shape index (κ2) is 5.96. The molecule has 116 valence electrons. The van der Waals surface area contributed by atoms with Gasteiger partial charge in [-0.3, -0.25) is 4.79 Å². The van der Waals surface area contributed by atoms with Gasteiger partial charge in [0, 0.05) is 13.1 Å². The van der Waals surface area contributed by atoms with Gasteiger partial charge in [-0.05, 0) is 37.1 Å². The molecule has 22 heavy (non-hydrogen) atoms. The predicted octanol–water partition coefficient (Wildman–Crippen LogP) is 2.49. The summed E-state index contributed by atoms with van der Waals surface area (Å²) in [5.74, 6) is 0.0806. The van der Waals surface area contributed by atoms with Crippen molar-refractivity contribution in [3.63, 3.8) is 0 Å². The lowest BCUT2D eigenvalue weighted by molar-refractivity contribution is 0.0759. The van der Waals surface area contributed by atoms with Crippen LogP contribution < -0.4 is 0 Å². The number of sulfone groups is 1. The molecule has 1 saturated heterocycles. The third kappa shape index (κ3) is 3.06. The van der Waals surface area contributed by atoms with E-state index in [1.54, 1.807) is 47.4 Å². The van der Waals surface area contributed by atoms with Gasteiger partial charge in [0.25, 0.3) is 5.91 Å². The molecule has 0 bridgehead atoms. The SMILES string of the molecule is O=C(c1ccc(CS(=O)(=O)c2ccccc2)o1)N1CCCC1. The normalized spacial score (nSPS) is 15.2. The Morgan fingerprint density at radius 2 is 1.73 bits per heavy atom. The predicted molar refractivity (Wildman–Crippen MR) is 81.2 cm³/mol. The topological polar surface area (TPSA) is 67.6 Å². The fourth-order valence-electron chi connectivity index (χ4n) is 2.54. The molecule has 0 saturated carbocycles. The minimum atomic E-state index is -3.46. The summed E-state index contributed by atoms with van der Waals surface area (Å²) in [6.07, 6.45) is 2.00. The highest BCUT2D eigenvalue weighted by molar-refractivity contribution is 7.90. The minimum Gasteiger partial charge on any atom is -0.455 e. The maximum Gasteiger partial charge on any atom is 0.289 e. The fraction of sp³-hybridized carbons (Fsp3) is 0.312. The number of furan rings is 1. The van der Waals surface area contributed by atoms with Crippen LogP contribution in [0.1, 0.15) is 29.2 Å². The number of hydrogen-bond acceptors (Lipinski definition) is 4. The molecular weight excluding hydrogens is 302 g/mol. The van der Waals surface area contributed by atoms with E-state index < -0.39 is 9.84 Å². The highest BCUT2D eigenvalue weighted by Gasteiger charge is 2.23. The van der Waals surface area contributed by atoms with E-state index in [-0.39, 0.29) is 28.1 Å². The van der Waals surface area contributed by atoms with E-state index in [1.807, 2.05) is 0 Å². The molecule has 0 unspecified atom stereocenters. The maximum atomic E-state index is 12.3. The van der Waals surface area contributed by atoms with E-state index in [2.05, 4.69) is 0 Å². The lowest BCUT2D eigenvalue weighted by Gasteiger charge is -2.12. The molecule has 0 radical (unpaired) electrons.